The number of nitrogens with one attached hydrogen (secondary N) is 1. The first kappa shape index (κ1) is 13.8. The molecule has 100 valence electrons. The molecule has 2 aromatic rings. The van der Waals surface area contributed by atoms with Crippen LogP contribution in [0.4, 0.5) is 10.1 Å². The summed E-state index contributed by atoms with van der Waals surface area (Å²) >= 11 is 7.25. The Balaban J connectivity index is 2.28. The number of carboxylic acids is 1. The van der Waals surface area contributed by atoms with Crippen molar-refractivity contribution >= 4 is 34.6 Å². The molecule has 0 saturated heterocycles. The number of hydrogen-bond donors (Lipinski definition) is 2. The van der Waals surface area contributed by atoms with Gasteiger partial charge in [0.25, 0.3) is 0 Å². The molecule has 2 N–H and O–H groups in total. The lowest BCUT2D eigenvalue weighted by Gasteiger charge is -2.15. The molecule has 1 aromatic heterocycles. The van der Waals surface area contributed by atoms with E-state index >= 15 is 0 Å². The molecule has 1 aromatic carbocycles. The van der Waals surface area contributed by atoms with Gasteiger partial charge in [-0.05, 0) is 31.2 Å². The van der Waals surface area contributed by atoms with E-state index in [0.29, 0.717) is 4.34 Å². The summed E-state index contributed by atoms with van der Waals surface area (Å²) < 4.78 is 14.2. The summed E-state index contributed by atoms with van der Waals surface area (Å²) in [5, 5.41) is 12.0. The summed E-state index contributed by atoms with van der Waals surface area (Å²) in [6.45, 7) is 1.86. The minimum absolute atomic E-state index is 0.155. The van der Waals surface area contributed by atoms with Gasteiger partial charge in [0.05, 0.1) is 16.1 Å². The molecule has 1 heterocycles. The lowest BCUT2D eigenvalue weighted by Crippen LogP contribution is -2.11. The van der Waals surface area contributed by atoms with Crippen LogP contribution in [0.1, 0.15) is 28.2 Å². The van der Waals surface area contributed by atoms with E-state index in [1.165, 1.54) is 23.5 Å². The molecule has 0 radical (unpaired) electrons. The summed E-state index contributed by atoms with van der Waals surface area (Å²) in [6, 6.07) is 7.60. The van der Waals surface area contributed by atoms with Crippen molar-refractivity contribution in [3.8, 4) is 0 Å². The number of benzene rings is 1. The monoisotopic (exact) mass is 299 g/mol. The molecular weight excluding hydrogens is 289 g/mol. The molecule has 1 atom stereocenters. The van der Waals surface area contributed by atoms with Gasteiger partial charge in [0.2, 0.25) is 0 Å². The van der Waals surface area contributed by atoms with Crippen molar-refractivity contribution in [3.63, 3.8) is 0 Å². The lowest BCUT2D eigenvalue weighted by molar-refractivity contribution is 0.0693. The van der Waals surface area contributed by atoms with Crippen molar-refractivity contribution in [2.75, 3.05) is 5.32 Å². The van der Waals surface area contributed by atoms with Crippen LogP contribution in [0, 0.1) is 5.82 Å². The van der Waals surface area contributed by atoms with E-state index in [1.807, 2.05) is 13.0 Å². The maximum atomic E-state index is 13.5. The van der Waals surface area contributed by atoms with Gasteiger partial charge < -0.3 is 10.4 Å². The predicted octanol–water partition coefficient (Wildman–Crippen LogP) is 4.41. The van der Waals surface area contributed by atoms with Crippen LogP contribution in [-0.4, -0.2) is 11.1 Å². The predicted molar refractivity (Wildman–Crippen MR) is 74.7 cm³/mol. The van der Waals surface area contributed by atoms with E-state index < -0.39 is 11.8 Å². The average Bonchev–Trinajstić information content (AvgIpc) is 2.75. The largest absolute Gasteiger partial charge is 0.478 e. The summed E-state index contributed by atoms with van der Waals surface area (Å²) in [4.78, 5) is 12.0. The Morgan fingerprint density at radius 3 is 2.74 bits per heavy atom. The smallest absolute Gasteiger partial charge is 0.340 e. The maximum absolute atomic E-state index is 13.5. The van der Waals surface area contributed by atoms with Crippen LogP contribution < -0.4 is 5.32 Å². The second-order valence-corrected chi connectivity index (χ2v) is 5.72. The lowest BCUT2D eigenvalue weighted by atomic mass is 10.1. The number of hydrogen-bond acceptors (Lipinski definition) is 3. The highest BCUT2D eigenvalue weighted by molar-refractivity contribution is 7.16. The van der Waals surface area contributed by atoms with Gasteiger partial charge in [-0.25, -0.2) is 9.18 Å². The molecule has 6 heteroatoms. The van der Waals surface area contributed by atoms with Gasteiger partial charge in [-0.15, -0.1) is 11.3 Å². The Morgan fingerprint density at radius 2 is 2.16 bits per heavy atom. The second kappa shape index (κ2) is 5.59. The Hall–Kier alpha value is -1.59. The molecule has 3 nitrogen and oxygen atoms in total. The topological polar surface area (TPSA) is 49.3 Å². The molecule has 0 aliphatic carbocycles. The van der Waals surface area contributed by atoms with Gasteiger partial charge in [0.15, 0.2) is 0 Å². The van der Waals surface area contributed by atoms with Crippen LogP contribution >= 0.6 is 22.9 Å². The van der Waals surface area contributed by atoms with Crippen LogP contribution in [-0.2, 0) is 0 Å². The van der Waals surface area contributed by atoms with Crippen molar-refractivity contribution in [1.29, 1.82) is 0 Å². The molecule has 0 bridgehead atoms. The summed E-state index contributed by atoms with van der Waals surface area (Å²) in [6.07, 6.45) is 0. The first-order valence-electron chi connectivity index (χ1n) is 5.52. The highest BCUT2D eigenvalue weighted by Gasteiger charge is 2.17. The van der Waals surface area contributed by atoms with Gasteiger partial charge in [0.1, 0.15) is 11.4 Å². The molecule has 0 aliphatic heterocycles. The van der Waals surface area contributed by atoms with E-state index in [1.54, 1.807) is 6.07 Å². The molecule has 2 rings (SSSR count). The molecule has 0 saturated carbocycles. The number of halogens is 2. The third-order valence-corrected chi connectivity index (χ3v) is 4.03. The van der Waals surface area contributed by atoms with E-state index in [9.17, 15) is 9.18 Å². The number of carboxylic acid groups (broad SMARTS) is 1. The number of thiophene rings is 1. The maximum Gasteiger partial charge on any atom is 0.340 e. The van der Waals surface area contributed by atoms with Crippen LogP contribution in [0.25, 0.3) is 0 Å². The molecule has 19 heavy (non-hydrogen) atoms. The quantitative estimate of drug-likeness (QED) is 0.879. The van der Waals surface area contributed by atoms with Gasteiger partial charge in [-0.2, -0.15) is 0 Å². The van der Waals surface area contributed by atoms with Gasteiger partial charge in [0, 0.05) is 4.88 Å². The number of anilines is 1. The third-order valence-electron chi connectivity index (χ3n) is 2.62. The van der Waals surface area contributed by atoms with Crippen LogP contribution in [0.15, 0.2) is 30.3 Å². The molecular formula is C13H11ClFNO2S. The van der Waals surface area contributed by atoms with Crippen molar-refractivity contribution < 1.29 is 14.3 Å². The third kappa shape index (κ3) is 3.05. The number of rotatable bonds is 4. The zero-order valence-electron chi connectivity index (χ0n) is 9.98. The van der Waals surface area contributed by atoms with Gasteiger partial charge in [-0.3, -0.25) is 0 Å². The Morgan fingerprint density at radius 1 is 1.42 bits per heavy atom. The fourth-order valence-electron chi connectivity index (χ4n) is 1.73. The zero-order valence-corrected chi connectivity index (χ0v) is 11.6. The minimum Gasteiger partial charge on any atom is -0.478 e. The zero-order chi connectivity index (χ0) is 14.0. The number of aromatic carboxylic acids is 1. The fraction of sp³-hybridized carbons (Fsp3) is 0.154. The minimum atomic E-state index is -1.29. The summed E-state index contributed by atoms with van der Waals surface area (Å²) in [7, 11) is 0. The van der Waals surface area contributed by atoms with Crippen LogP contribution in [0.5, 0.6) is 0 Å². The van der Waals surface area contributed by atoms with Crippen molar-refractivity contribution in [1.82, 2.24) is 0 Å². The van der Waals surface area contributed by atoms with E-state index in [0.717, 1.165) is 10.9 Å². The molecule has 1 unspecified atom stereocenters. The normalized spacial score (nSPS) is 12.2. The number of carbonyl (C=O) groups is 1. The van der Waals surface area contributed by atoms with Crippen LogP contribution in [0.2, 0.25) is 4.34 Å². The summed E-state index contributed by atoms with van der Waals surface area (Å²) in [5.74, 6) is -2.05. The van der Waals surface area contributed by atoms with Gasteiger partial charge >= 0.3 is 5.97 Å². The fourth-order valence-corrected chi connectivity index (χ4v) is 2.79. The molecule has 0 aliphatic rings. The Labute approximate surface area is 118 Å². The van der Waals surface area contributed by atoms with E-state index in [4.69, 9.17) is 16.7 Å². The average molecular weight is 300 g/mol. The van der Waals surface area contributed by atoms with Crippen molar-refractivity contribution in [3.05, 3.63) is 50.9 Å². The van der Waals surface area contributed by atoms with E-state index in [2.05, 4.69) is 5.32 Å². The SMILES string of the molecule is CC(Nc1cccc(F)c1C(=O)O)c1ccc(Cl)s1. The van der Waals surface area contributed by atoms with Crippen molar-refractivity contribution in [2.45, 2.75) is 13.0 Å². The molecule has 0 fully saturated rings. The highest BCUT2D eigenvalue weighted by atomic mass is 35.5. The molecule has 0 spiro atoms. The van der Waals surface area contributed by atoms with E-state index in [-0.39, 0.29) is 17.3 Å². The Kier molecular flexibility index (Phi) is 4.07. The van der Waals surface area contributed by atoms with Gasteiger partial charge in [-0.1, -0.05) is 17.7 Å². The summed E-state index contributed by atoms with van der Waals surface area (Å²) in [5.41, 5.74) is -0.0958. The Bertz CT molecular complexity index is 614. The standard InChI is InChI=1S/C13H11ClFNO2S/c1-7(10-5-6-11(14)19-10)16-9-4-2-3-8(15)12(9)13(17)18/h2-7,16H,1H3,(H,17,18). The molecule has 0 amide bonds. The first-order chi connectivity index (χ1) is 8.99. The second-order valence-electron chi connectivity index (χ2n) is 3.98. The van der Waals surface area contributed by atoms with Crippen LogP contribution in [0.3, 0.4) is 0 Å². The highest BCUT2D eigenvalue weighted by Crippen LogP contribution is 2.30. The van der Waals surface area contributed by atoms with Crippen molar-refractivity contribution in [2.24, 2.45) is 0 Å². The first-order valence-corrected chi connectivity index (χ1v) is 6.72.